The van der Waals surface area contributed by atoms with Crippen molar-refractivity contribution in [2.24, 2.45) is 17.3 Å². The van der Waals surface area contributed by atoms with E-state index in [0.717, 1.165) is 82.5 Å². The smallest absolute Gasteiger partial charge is 0.306 e. The Balaban J connectivity index is 1.19. The highest BCUT2D eigenvalue weighted by atomic mass is 16.4. The third-order valence-corrected chi connectivity index (χ3v) is 12.3. The molecule has 48 heavy (non-hydrogen) atoms. The normalized spacial score (nSPS) is 25.1. The number of aryl methyl sites for hydroxylation is 2. The van der Waals surface area contributed by atoms with Gasteiger partial charge in [-0.1, -0.05) is 43.7 Å². The van der Waals surface area contributed by atoms with E-state index in [2.05, 4.69) is 65.9 Å². The SMILES string of the molecule is CC[C@@H](Nc1nc2c(c(N[C@@H](CN3CCCC4(CCC4)C3)c3cnn(CC)c3)n1)C[C@H](c1ccccc1)CC2)C1CCC(C(=O)O)CC1. The fraction of sp³-hybridized carbons (Fsp3) is 0.641. The summed E-state index contributed by atoms with van der Waals surface area (Å²) in [5.41, 5.74) is 5.53. The number of carboxylic acid groups (broad SMARTS) is 1. The number of aliphatic carboxylic acids is 1. The van der Waals surface area contributed by atoms with Crippen LogP contribution in [-0.2, 0) is 24.2 Å². The molecule has 9 heteroatoms. The third kappa shape index (κ3) is 7.26. The fourth-order valence-corrected chi connectivity index (χ4v) is 9.23. The molecule has 9 nitrogen and oxygen atoms in total. The Labute approximate surface area is 286 Å². The Bertz CT molecular complexity index is 1530. The summed E-state index contributed by atoms with van der Waals surface area (Å²) in [6.45, 7) is 8.49. The molecule has 3 heterocycles. The van der Waals surface area contributed by atoms with Crippen LogP contribution in [0, 0.1) is 17.3 Å². The van der Waals surface area contributed by atoms with E-state index in [-0.39, 0.29) is 18.0 Å². The maximum Gasteiger partial charge on any atom is 0.306 e. The number of hydrogen-bond acceptors (Lipinski definition) is 7. The first-order valence-corrected chi connectivity index (χ1v) is 18.9. The molecule has 0 radical (unpaired) electrons. The lowest BCUT2D eigenvalue weighted by atomic mass is 9.64. The number of carboxylic acids is 1. The largest absolute Gasteiger partial charge is 0.481 e. The molecule has 0 bridgehead atoms. The number of hydrogen-bond donors (Lipinski definition) is 3. The Morgan fingerprint density at radius 1 is 1.02 bits per heavy atom. The summed E-state index contributed by atoms with van der Waals surface area (Å²) in [5, 5.41) is 22.0. The molecule has 0 unspecified atom stereocenters. The van der Waals surface area contributed by atoms with Gasteiger partial charge in [-0.25, -0.2) is 4.98 Å². The minimum Gasteiger partial charge on any atom is -0.481 e. The molecule has 3 fully saturated rings. The Hall–Kier alpha value is -3.46. The Kier molecular flexibility index (Phi) is 10.0. The van der Waals surface area contributed by atoms with Crippen LogP contribution >= 0.6 is 0 Å². The van der Waals surface area contributed by atoms with Gasteiger partial charge in [0, 0.05) is 43.0 Å². The number of anilines is 2. The van der Waals surface area contributed by atoms with Gasteiger partial charge in [-0.15, -0.1) is 0 Å². The number of carbonyl (C=O) groups is 1. The van der Waals surface area contributed by atoms with E-state index in [1.54, 1.807) is 0 Å². The predicted molar refractivity (Wildman–Crippen MR) is 190 cm³/mol. The van der Waals surface area contributed by atoms with Crippen LogP contribution in [-0.4, -0.2) is 61.4 Å². The van der Waals surface area contributed by atoms with E-state index in [9.17, 15) is 9.90 Å². The number of aromatic nitrogens is 4. The van der Waals surface area contributed by atoms with Crippen LogP contribution in [0.5, 0.6) is 0 Å². The fourth-order valence-electron chi connectivity index (χ4n) is 9.23. The molecule has 2 aromatic heterocycles. The standard InChI is InChI=1S/C39H55N7O2/c1-3-33(28-12-14-29(15-13-28)37(47)48)42-38-43-34-17-16-30(27-10-6-5-7-11-27)22-32(34)36(44-38)41-35(31-23-40-46(4-2)24-31)25-45-21-9-20-39(26-45)18-8-19-39/h5-7,10-11,23-24,28-30,33,35H,3-4,8-9,12-22,25-26H2,1-2H3,(H,47,48)(H2,41,42,43,44)/t28?,29?,30-,33-,35+/m1/s1. The van der Waals surface area contributed by atoms with Gasteiger partial charge in [-0.3, -0.25) is 9.48 Å². The first-order chi connectivity index (χ1) is 23.4. The van der Waals surface area contributed by atoms with Crippen molar-refractivity contribution >= 4 is 17.7 Å². The van der Waals surface area contributed by atoms with Crippen LogP contribution in [0.15, 0.2) is 42.7 Å². The number of likely N-dealkylation sites (tertiary alicyclic amines) is 1. The lowest BCUT2D eigenvalue weighted by Crippen LogP contribution is -2.48. The average Bonchev–Trinajstić information content (AvgIpc) is 3.60. The zero-order valence-corrected chi connectivity index (χ0v) is 29.0. The number of piperidine rings is 1. The van der Waals surface area contributed by atoms with Crippen molar-refractivity contribution in [1.29, 1.82) is 0 Å². The van der Waals surface area contributed by atoms with Crippen molar-refractivity contribution in [3.63, 3.8) is 0 Å². The van der Waals surface area contributed by atoms with Crippen molar-refractivity contribution in [3.8, 4) is 0 Å². The van der Waals surface area contributed by atoms with Crippen LogP contribution in [0.3, 0.4) is 0 Å². The van der Waals surface area contributed by atoms with Crippen molar-refractivity contribution in [1.82, 2.24) is 24.6 Å². The summed E-state index contributed by atoms with van der Waals surface area (Å²) in [6, 6.07) is 11.2. The topological polar surface area (TPSA) is 108 Å². The molecule has 7 rings (SSSR count). The number of benzene rings is 1. The van der Waals surface area contributed by atoms with Gasteiger partial charge in [0.25, 0.3) is 0 Å². The van der Waals surface area contributed by atoms with Gasteiger partial charge in [0.2, 0.25) is 5.95 Å². The number of fused-ring (bicyclic) bond motifs is 1. The second-order valence-corrected chi connectivity index (χ2v) is 15.3. The van der Waals surface area contributed by atoms with Crippen molar-refractivity contribution in [3.05, 3.63) is 65.1 Å². The summed E-state index contributed by atoms with van der Waals surface area (Å²) in [4.78, 5) is 24.8. The Morgan fingerprint density at radius 2 is 1.81 bits per heavy atom. The van der Waals surface area contributed by atoms with Crippen LogP contribution in [0.25, 0.3) is 0 Å². The summed E-state index contributed by atoms with van der Waals surface area (Å²) < 4.78 is 2.03. The van der Waals surface area contributed by atoms with E-state index in [4.69, 9.17) is 15.1 Å². The minimum atomic E-state index is -0.650. The van der Waals surface area contributed by atoms with E-state index in [1.807, 2.05) is 10.9 Å². The van der Waals surface area contributed by atoms with E-state index >= 15 is 0 Å². The minimum absolute atomic E-state index is 0.0674. The molecule has 1 spiro atoms. The van der Waals surface area contributed by atoms with Crippen LogP contribution < -0.4 is 10.6 Å². The number of nitrogens with zero attached hydrogens (tertiary/aromatic N) is 5. The molecule has 4 aliphatic rings. The maximum atomic E-state index is 11.6. The van der Waals surface area contributed by atoms with Gasteiger partial charge in [0.05, 0.1) is 23.9 Å². The molecule has 3 aliphatic carbocycles. The molecule has 3 aromatic rings. The van der Waals surface area contributed by atoms with Crippen molar-refractivity contribution in [2.45, 2.75) is 122 Å². The molecular weight excluding hydrogens is 598 g/mol. The molecule has 3 N–H and O–H groups in total. The lowest BCUT2D eigenvalue weighted by Gasteiger charge is -2.49. The molecule has 258 valence electrons. The van der Waals surface area contributed by atoms with Gasteiger partial charge in [-0.2, -0.15) is 10.1 Å². The van der Waals surface area contributed by atoms with E-state index in [1.165, 1.54) is 55.3 Å². The molecule has 1 aromatic carbocycles. The van der Waals surface area contributed by atoms with E-state index in [0.29, 0.717) is 23.2 Å². The van der Waals surface area contributed by atoms with Gasteiger partial charge < -0.3 is 20.6 Å². The highest BCUT2D eigenvalue weighted by Crippen LogP contribution is 2.48. The molecule has 3 atom stereocenters. The highest BCUT2D eigenvalue weighted by Gasteiger charge is 2.41. The quantitative estimate of drug-likeness (QED) is 0.185. The summed E-state index contributed by atoms with van der Waals surface area (Å²) in [6.07, 6.45) is 18.3. The first-order valence-electron chi connectivity index (χ1n) is 18.9. The summed E-state index contributed by atoms with van der Waals surface area (Å²) >= 11 is 0. The predicted octanol–water partition coefficient (Wildman–Crippen LogP) is 7.47. The Morgan fingerprint density at radius 3 is 2.50 bits per heavy atom. The first kappa shape index (κ1) is 33.1. The molecule has 1 saturated heterocycles. The maximum absolute atomic E-state index is 11.6. The van der Waals surface area contributed by atoms with Crippen molar-refractivity contribution < 1.29 is 9.90 Å². The number of nitrogens with one attached hydrogen (secondary N) is 2. The van der Waals surface area contributed by atoms with E-state index < -0.39 is 5.97 Å². The zero-order chi connectivity index (χ0) is 33.1. The van der Waals surface area contributed by atoms with Crippen LogP contribution in [0.1, 0.15) is 119 Å². The van der Waals surface area contributed by atoms with Gasteiger partial charge in [0.1, 0.15) is 5.82 Å². The molecular formula is C39H55N7O2. The van der Waals surface area contributed by atoms with Crippen LogP contribution in [0.2, 0.25) is 0 Å². The molecule has 1 aliphatic heterocycles. The van der Waals surface area contributed by atoms with Gasteiger partial charge in [-0.05, 0) is 113 Å². The van der Waals surface area contributed by atoms with Crippen molar-refractivity contribution in [2.75, 3.05) is 30.3 Å². The second kappa shape index (κ2) is 14.6. The zero-order valence-electron chi connectivity index (χ0n) is 29.0. The van der Waals surface area contributed by atoms with Gasteiger partial charge >= 0.3 is 5.97 Å². The highest BCUT2D eigenvalue weighted by molar-refractivity contribution is 5.70. The molecule has 2 saturated carbocycles. The monoisotopic (exact) mass is 653 g/mol. The molecule has 0 amide bonds. The number of rotatable bonds is 12. The van der Waals surface area contributed by atoms with Gasteiger partial charge in [0.15, 0.2) is 0 Å². The summed E-state index contributed by atoms with van der Waals surface area (Å²) in [5.74, 6) is 1.67. The lowest BCUT2D eigenvalue weighted by molar-refractivity contribution is -0.143. The van der Waals surface area contributed by atoms with Crippen LogP contribution in [0.4, 0.5) is 11.8 Å². The second-order valence-electron chi connectivity index (χ2n) is 15.3. The average molecular weight is 654 g/mol. The summed E-state index contributed by atoms with van der Waals surface area (Å²) in [7, 11) is 0. The third-order valence-electron chi connectivity index (χ3n) is 12.3.